The zero-order chi connectivity index (χ0) is 19.9. The molecule has 0 atom stereocenters. The zero-order valence-corrected chi connectivity index (χ0v) is 15.3. The summed E-state index contributed by atoms with van der Waals surface area (Å²) < 4.78 is 44.2. The number of benzene rings is 1. The Morgan fingerprint density at radius 2 is 1.93 bits per heavy atom. The van der Waals surface area contributed by atoms with Gasteiger partial charge in [0, 0.05) is 0 Å². The summed E-state index contributed by atoms with van der Waals surface area (Å²) in [5.74, 6) is -0.193. The minimum Gasteiger partial charge on any atom is -0.492 e. The highest BCUT2D eigenvalue weighted by atomic mass is 19.4. The second-order valence-corrected chi connectivity index (χ2v) is 6.65. The molecule has 0 spiro atoms. The van der Waals surface area contributed by atoms with E-state index in [1.54, 1.807) is 6.92 Å². The number of carbonyl (C=O) groups excluding carboxylic acids is 1. The van der Waals surface area contributed by atoms with Crippen molar-refractivity contribution < 1.29 is 22.7 Å². The number of anilines is 1. The Hall–Kier alpha value is -2.43. The van der Waals surface area contributed by atoms with Gasteiger partial charge in [-0.15, -0.1) is 0 Å². The maximum Gasteiger partial charge on any atom is 0.416 e. The fourth-order valence-electron chi connectivity index (χ4n) is 3.21. The fraction of sp³-hybridized carbons (Fsp3) is 0.579. The number of nitrogens with zero attached hydrogens (tertiary/aromatic N) is 1. The van der Waals surface area contributed by atoms with Crippen molar-refractivity contribution in [2.75, 3.05) is 18.5 Å². The van der Waals surface area contributed by atoms with Crippen LogP contribution in [-0.2, 0) is 11.0 Å². The summed E-state index contributed by atoms with van der Waals surface area (Å²) in [6.07, 6.45) is 0.465. The molecule has 1 amide bonds. The zero-order valence-electron chi connectivity index (χ0n) is 15.3. The van der Waals surface area contributed by atoms with Crippen LogP contribution >= 0.6 is 0 Å². The molecule has 0 unspecified atom stereocenters. The van der Waals surface area contributed by atoms with E-state index in [1.807, 2.05) is 0 Å². The van der Waals surface area contributed by atoms with Crippen LogP contribution in [0.4, 0.5) is 18.9 Å². The summed E-state index contributed by atoms with van der Waals surface area (Å²) in [7, 11) is 0. The minimum absolute atomic E-state index is 0.0914. The average Bonchev–Trinajstić information content (AvgIpc) is 2.86. The van der Waals surface area contributed by atoms with E-state index < -0.39 is 23.2 Å². The van der Waals surface area contributed by atoms with Crippen LogP contribution in [0.15, 0.2) is 18.2 Å². The third-order valence-electron chi connectivity index (χ3n) is 4.60. The monoisotopic (exact) mass is 383 g/mol. The smallest absolute Gasteiger partial charge is 0.416 e. The predicted molar refractivity (Wildman–Crippen MR) is 95.3 cm³/mol. The highest BCUT2D eigenvalue weighted by molar-refractivity contribution is 5.82. The fourth-order valence-corrected chi connectivity index (χ4v) is 3.21. The number of hydrogen-bond donors (Lipinski definition) is 2. The molecule has 0 radical (unpaired) electrons. The van der Waals surface area contributed by atoms with Gasteiger partial charge in [-0.05, 0) is 38.0 Å². The van der Waals surface area contributed by atoms with Crippen molar-refractivity contribution in [1.29, 1.82) is 5.26 Å². The molecule has 1 aliphatic carbocycles. The summed E-state index contributed by atoms with van der Waals surface area (Å²) in [5.41, 5.74) is -1.63. The van der Waals surface area contributed by atoms with E-state index in [1.165, 1.54) is 6.07 Å². The molecular formula is C19H24F3N3O2. The van der Waals surface area contributed by atoms with Crippen LogP contribution in [0.5, 0.6) is 5.75 Å². The minimum atomic E-state index is -4.49. The first-order valence-electron chi connectivity index (χ1n) is 9.10. The quantitative estimate of drug-likeness (QED) is 0.721. The highest BCUT2D eigenvalue weighted by Crippen LogP contribution is 2.35. The molecule has 8 heteroatoms. The van der Waals surface area contributed by atoms with Gasteiger partial charge in [-0.1, -0.05) is 25.7 Å². The standard InChI is InChI=1S/C19H24F3N3O2/c1-2-27-16-8-7-14(19(20,21)22)11-15(16)24-12-17(26)25-18(13-23)9-5-3-4-6-10-18/h7-8,11,24H,2-6,9-10,12H2,1H3,(H,25,26). The Morgan fingerprint density at radius 1 is 1.26 bits per heavy atom. The molecule has 1 aromatic carbocycles. The second kappa shape index (κ2) is 8.98. The lowest BCUT2D eigenvalue weighted by Crippen LogP contribution is -2.49. The van der Waals surface area contributed by atoms with E-state index in [2.05, 4.69) is 16.7 Å². The van der Waals surface area contributed by atoms with Crippen molar-refractivity contribution in [3.63, 3.8) is 0 Å². The van der Waals surface area contributed by atoms with E-state index in [4.69, 9.17) is 4.74 Å². The molecule has 2 N–H and O–H groups in total. The van der Waals surface area contributed by atoms with Gasteiger partial charge in [-0.3, -0.25) is 4.79 Å². The molecule has 0 heterocycles. The van der Waals surface area contributed by atoms with E-state index in [0.29, 0.717) is 12.8 Å². The maximum atomic E-state index is 12.9. The summed E-state index contributed by atoms with van der Waals surface area (Å²) in [5, 5.41) is 15.0. The van der Waals surface area contributed by atoms with Gasteiger partial charge < -0.3 is 15.4 Å². The van der Waals surface area contributed by atoms with E-state index in [-0.39, 0.29) is 24.6 Å². The lowest BCUT2D eigenvalue weighted by molar-refractivity contribution is -0.137. The molecule has 1 saturated carbocycles. The molecule has 0 saturated heterocycles. The number of halogens is 3. The van der Waals surface area contributed by atoms with Crippen LogP contribution in [0.2, 0.25) is 0 Å². The largest absolute Gasteiger partial charge is 0.492 e. The van der Waals surface area contributed by atoms with E-state index in [9.17, 15) is 23.2 Å². The van der Waals surface area contributed by atoms with Gasteiger partial charge in [0.05, 0.1) is 30.5 Å². The Labute approximate surface area is 156 Å². The average molecular weight is 383 g/mol. The molecule has 5 nitrogen and oxygen atoms in total. The third-order valence-corrected chi connectivity index (χ3v) is 4.60. The van der Waals surface area contributed by atoms with Crippen molar-refractivity contribution in [3.8, 4) is 11.8 Å². The Kier molecular flexibility index (Phi) is 6.94. The molecule has 2 rings (SSSR count). The molecule has 148 valence electrons. The number of amides is 1. The van der Waals surface area contributed by atoms with Crippen molar-refractivity contribution in [1.82, 2.24) is 5.32 Å². The summed E-state index contributed by atoms with van der Waals surface area (Å²) in [6, 6.07) is 5.30. The molecule has 1 fully saturated rings. The van der Waals surface area contributed by atoms with Crippen molar-refractivity contribution in [3.05, 3.63) is 23.8 Å². The first kappa shape index (κ1) is 20.9. The Morgan fingerprint density at radius 3 is 2.48 bits per heavy atom. The molecule has 0 aromatic heterocycles. The topological polar surface area (TPSA) is 74.2 Å². The van der Waals surface area contributed by atoms with Gasteiger partial charge in [0.15, 0.2) is 0 Å². The number of nitrogens with one attached hydrogen (secondary N) is 2. The van der Waals surface area contributed by atoms with Crippen LogP contribution in [0.3, 0.4) is 0 Å². The summed E-state index contributed by atoms with van der Waals surface area (Å²) >= 11 is 0. The van der Waals surface area contributed by atoms with Gasteiger partial charge >= 0.3 is 6.18 Å². The van der Waals surface area contributed by atoms with E-state index >= 15 is 0 Å². The lowest BCUT2D eigenvalue weighted by atomic mass is 9.92. The molecular weight excluding hydrogens is 359 g/mol. The SMILES string of the molecule is CCOc1ccc(C(F)(F)F)cc1NCC(=O)NC1(C#N)CCCCCC1. The molecule has 1 aliphatic rings. The maximum absolute atomic E-state index is 12.9. The van der Waals surface area contributed by atoms with Crippen molar-refractivity contribution >= 4 is 11.6 Å². The molecule has 27 heavy (non-hydrogen) atoms. The third kappa shape index (κ3) is 5.78. The van der Waals surface area contributed by atoms with Crippen LogP contribution in [0.1, 0.15) is 51.0 Å². The molecule has 0 bridgehead atoms. The normalized spacial score (nSPS) is 16.7. The van der Waals surface area contributed by atoms with Gasteiger partial charge in [0.2, 0.25) is 5.91 Å². The summed E-state index contributed by atoms with van der Waals surface area (Å²) in [6.45, 7) is 1.76. The van der Waals surface area contributed by atoms with Gasteiger partial charge in [-0.25, -0.2) is 0 Å². The number of carbonyl (C=O) groups is 1. The first-order valence-corrected chi connectivity index (χ1v) is 9.10. The molecule has 1 aromatic rings. The van der Waals surface area contributed by atoms with Crippen LogP contribution in [0.25, 0.3) is 0 Å². The first-order chi connectivity index (χ1) is 12.8. The number of ether oxygens (including phenoxy) is 1. The van der Waals surface area contributed by atoms with E-state index in [0.717, 1.165) is 37.8 Å². The van der Waals surface area contributed by atoms with Gasteiger partial charge in [0.1, 0.15) is 11.3 Å². The number of nitriles is 1. The second-order valence-electron chi connectivity index (χ2n) is 6.65. The van der Waals surface area contributed by atoms with Crippen LogP contribution in [0, 0.1) is 11.3 Å². The van der Waals surface area contributed by atoms with Crippen molar-refractivity contribution in [2.45, 2.75) is 57.2 Å². The Balaban J connectivity index is 2.08. The predicted octanol–water partition coefficient (Wildman–Crippen LogP) is 4.25. The number of alkyl halides is 3. The van der Waals surface area contributed by atoms with Crippen LogP contribution < -0.4 is 15.4 Å². The van der Waals surface area contributed by atoms with Crippen molar-refractivity contribution in [2.24, 2.45) is 0 Å². The van der Waals surface area contributed by atoms with Gasteiger partial charge in [-0.2, -0.15) is 18.4 Å². The Bertz CT molecular complexity index is 690. The van der Waals surface area contributed by atoms with Gasteiger partial charge in [0.25, 0.3) is 0 Å². The van der Waals surface area contributed by atoms with Crippen LogP contribution in [-0.4, -0.2) is 24.6 Å². The highest BCUT2D eigenvalue weighted by Gasteiger charge is 2.33. The lowest BCUT2D eigenvalue weighted by Gasteiger charge is -2.26. The summed E-state index contributed by atoms with van der Waals surface area (Å²) in [4.78, 5) is 12.3. The number of rotatable bonds is 6. The number of hydrogen-bond acceptors (Lipinski definition) is 4. The molecule has 0 aliphatic heterocycles.